The first-order valence-electron chi connectivity index (χ1n) is 9.91. The van der Waals surface area contributed by atoms with E-state index >= 15 is 0 Å². The first-order chi connectivity index (χ1) is 14.5. The fourth-order valence-corrected chi connectivity index (χ4v) is 4.16. The molecule has 0 saturated carbocycles. The number of anilines is 1. The second kappa shape index (κ2) is 8.74. The van der Waals surface area contributed by atoms with Crippen molar-refractivity contribution in [1.82, 2.24) is 14.7 Å². The molecule has 0 N–H and O–H groups in total. The molecule has 30 heavy (non-hydrogen) atoms. The van der Waals surface area contributed by atoms with Crippen LogP contribution in [-0.4, -0.2) is 53.4 Å². The predicted octanol–water partition coefficient (Wildman–Crippen LogP) is 2.70. The number of thiophene rings is 1. The minimum absolute atomic E-state index is 0.0759. The monoisotopic (exact) mass is 428 g/mol. The minimum atomic E-state index is -0.556. The Balaban J connectivity index is 1.34. The molecule has 1 atom stereocenters. The molecule has 1 amide bonds. The highest BCUT2D eigenvalue weighted by atomic mass is 32.1. The number of aryl methyl sites for hydroxylation is 1. The highest BCUT2D eigenvalue weighted by molar-refractivity contribution is 7.13. The van der Waals surface area contributed by atoms with Crippen LogP contribution in [0.2, 0.25) is 0 Å². The van der Waals surface area contributed by atoms with Crippen molar-refractivity contribution < 1.29 is 13.9 Å². The zero-order valence-corrected chi connectivity index (χ0v) is 17.8. The summed E-state index contributed by atoms with van der Waals surface area (Å²) in [4.78, 5) is 29.3. The molecule has 0 unspecified atom stereocenters. The molecule has 1 aliphatic rings. The van der Waals surface area contributed by atoms with Crippen LogP contribution in [0, 0.1) is 0 Å². The third-order valence-corrected chi connectivity index (χ3v) is 5.94. The molecular formula is C21H24N4O4S. The molecule has 3 aromatic rings. The van der Waals surface area contributed by atoms with Crippen molar-refractivity contribution in [2.45, 2.75) is 26.0 Å². The van der Waals surface area contributed by atoms with Crippen molar-refractivity contribution in [2.24, 2.45) is 0 Å². The average Bonchev–Trinajstić information content (AvgIpc) is 3.41. The third kappa shape index (κ3) is 4.25. The van der Waals surface area contributed by atoms with E-state index in [9.17, 15) is 9.59 Å². The largest absolute Gasteiger partial charge is 0.485 e. The lowest BCUT2D eigenvalue weighted by Crippen LogP contribution is -2.47. The number of likely N-dealkylation sites (N-methyl/N-ethyl adjacent to an activating group) is 2. The number of rotatable bonds is 7. The molecule has 3 heterocycles. The van der Waals surface area contributed by atoms with Crippen LogP contribution in [0.3, 0.4) is 0 Å². The SMILES string of the molecule is CCN1C[C@H](CN(C)C(=O)CCn2nc(-c3cccs3)oc2=O)Oc2ccccc21. The summed E-state index contributed by atoms with van der Waals surface area (Å²) in [5.41, 5.74) is 1.08. The van der Waals surface area contributed by atoms with Crippen LogP contribution < -0.4 is 15.4 Å². The van der Waals surface area contributed by atoms with Gasteiger partial charge in [-0.25, -0.2) is 4.79 Å². The molecule has 1 aromatic carbocycles. The Labute approximate surface area is 178 Å². The highest BCUT2D eigenvalue weighted by Gasteiger charge is 2.26. The van der Waals surface area contributed by atoms with Crippen LogP contribution in [0.1, 0.15) is 13.3 Å². The number of fused-ring (bicyclic) bond motifs is 1. The van der Waals surface area contributed by atoms with Gasteiger partial charge in [-0.2, -0.15) is 4.68 Å². The number of carbonyl (C=O) groups excluding carboxylic acids is 1. The van der Waals surface area contributed by atoms with E-state index in [-0.39, 0.29) is 30.9 Å². The van der Waals surface area contributed by atoms with Crippen LogP contribution in [0.25, 0.3) is 10.8 Å². The zero-order valence-electron chi connectivity index (χ0n) is 17.0. The Morgan fingerprint density at radius 2 is 2.13 bits per heavy atom. The van der Waals surface area contributed by atoms with E-state index in [4.69, 9.17) is 9.15 Å². The smallest absolute Gasteiger partial charge is 0.437 e. The summed E-state index contributed by atoms with van der Waals surface area (Å²) in [5.74, 6) is 0.490. The molecular weight excluding hydrogens is 404 g/mol. The van der Waals surface area contributed by atoms with Crippen molar-refractivity contribution in [2.75, 3.05) is 31.6 Å². The predicted molar refractivity (Wildman–Crippen MR) is 115 cm³/mol. The minimum Gasteiger partial charge on any atom is -0.485 e. The van der Waals surface area contributed by atoms with Crippen LogP contribution >= 0.6 is 11.3 Å². The van der Waals surface area contributed by atoms with Gasteiger partial charge in [0.25, 0.3) is 5.89 Å². The Kier molecular flexibility index (Phi) is 5.89. The number of para-hydroxylation sites is 2. The maximum Gasteiger partial charge on any atom is 0.437 e. The number of aromatic nitrogens is 2. The third-order valence-electron chi connectivity index (χ3n) is 5.08. The quantitative estimate of drug-likeness (QED) is 0.576. The summed E-state index contributed by atoms with van der Waals surface area (Å²) >= 11 is 1.44. The lowest BCUT2D eigenvalue weighted by atomic mass is 10.1. The zero-order chi connectivity index (χ0) is 21.1. The van der Waals surface area contributed by atoms with Crippen LogP contribution in [-0.2, 0) is 11.3 Å². The van der Waals surface area contributed by atoms with E-state index in [1.165, 1.54) is 16.0 Å². The fourth-order valence-electron chi connectivity index (χ4n) is 3.52. The number of benzene rings is 1. The van der Waals surface area contributed by atoms with Crippen molar-refractivity contribution in [3.8, 4) is 16.5 Å². The van der Waals surface area contributed by atoms with Gasteiger partial charge in [0, 0.05) is 20.0 Å². The maximum absolute atomic E-state index is 12.6. The number of nitrogens with zero attached hydrogens (tertiary/aromatic N) is 4. The Hall–Kier alpha value is -3.07. The van der Waals surface area contributed by atoms with Crippen LogP contribution in [0.15, 0.2) is 51.0 Å². The average molecular weight is 429 g/mol. The summed E-state index contributed by atoms with van der Waals surface area (Å²) in [6.07, 6.45) is 0.0437. The molecule has 0 saturated heterocycles. The topological polar surface area (TPSA) is 80.8 Å². The first kappa shape index (κ1) is 20.2. The Morgan fingerprint density at radius 1 is 1.30 bits per heavy atom. The molecule has 0 radical (unpaired) electrons. The molecule has 0 fully saturated rings. The van der Waals surface area contributed by atoms with Gasteiger partial charge in [-0.05, 0) is 30.5 Å². The molecule has 0 bridgehead atoms. The molecule has 0 spiro atoms. The number of hydrogen-bond donors (Lipinski definition) is 0. The van der Waals surface area contributed by atoms with Crippen molar-refractivity contribution >= 4 is 22.9 Å². The number of hydrogen-bond acceptors (Lipinski definition) is 7. The fraction of sp³-hybridized carbons (Fsp3) is 0.381. The summed E-state index contributed by atoms with van der Waals surface area (Å²) in [5, 5.41) is 6.08. The summed E-state index contributed by atoms with van der Waals surface area (Å²) in [7, 11) is 1.76. The van der Waals surface area contributed by atoms with Crippen molar-refractivity contribution in [1.29, 1.82) is 0 Å². The summed E-state index contributed by atoms with van der Waals surface area (Å²) in [6.45, 7) is 4.34. The molecule has 158 valence electrons. The van der Waals surface area contributed by atoms with Gasteiger partial charge < -0.3 is 19.0 Å². The summed E-state index contributed by atoms with van der Waals surface area (Å²) < 4.78 is 12.5. The van der Waals surface area contributed by atoms with Crippen molar-refractivity contribution in [3.63, 3.8) is 0 Å². The Morgan fingerprint density at radius 3 is 2.90 bits per heavy atom. The standard InChI is InChI=1S/C21H24N4O4S/c1-3-24-14-15(28-17-8-5-4-7-16(17)24)13-23(2)19(26)10-11-25-21(27)29-20(22-25)18-9-6-12-30-18/h4-9,12,15H,3,10-11,13-14H2,1-2H3/t15-/m0/s1. The highest BCUT2D eigenvalue weighted by Crippen LogP contribution is 2.32. The van der Waals surface area contributed by atoms with E-state index < -0.39 is 5.76 Å². The van der Waals surface area contributed by atoms with Gasteiger partial charge in [0.2, 0.25) is 5.91 Å². The molecule has 9 heteroatoms. The molecule has 0 aliphatic carbocycles. The van der Waals surface area contributed by atoms with Crippen LogP contribution in [0.4, 0.5) is 5.69 Å². The van der Waals surface area contributed by atoms with E-state index in [2.05, 4.69) is 16.9 Å². The Bertz CT molecular complexity index is 1060. The van der Waals surface area contributed by atoms with Gasteiger partial charge in [0.15, 0.2) is 0 Å². The number of ether oxygens (including phenoxy) is 1. The lowest BCUT2D eigenvalue weighted by molar-refractivity contribution is -0.131. The van der Waals surface area contributed by atoms with E-state index in [1.54, 1.807) is 11.9 Å². The maximum atomic E-state index is 12.6. The van der Waals surface area contributed by atoms with Gasteiger partial charge in [0.1, 0.15) is 11.9 Å². The number of carbonyl (C=O) groups is 1. The second-order valence-corrected chi connectivity index (χ2v) is 8.09. The van der Waals surface area contributed by atoms with Gasteiger partial charge in [0.05, 0.1) is 30.2 Å². The normalized spacial score (nSPS) is 15.5. The van der Waals surface area contributed by atoms with E-state index in [0.29, 0.717) is 6.54 Å². The summed E-state index contributed by atoms with van der Waals surface area (Å²) in [6, 6.07) is 11.6. The van der Waals surface area contributed by atoms with Crippen molar-refractivity contribution in [3.05, 3.63) is 52.3 Å². The van der Waals surface area contributed by atoms with Gasteiger partial charge >= 0.3 is 5.76 Å². The molecule has 4 rings (SSSR count). The van der Waals surface area contributed by atoms with Gasteiger partial charge in [-0.15, -0.1) is 16.4 Å². The van der Waals surface area contributed by atoms with Crippen LogP contribution in [0.5, 0.6) is 5.75 Å². The molecule has 2 aromatic heterocycles. The lowest BCUT2D eigenvalue weighted by Gasteiger charge is -2.37. The molecule has 1 aliphatic heterocycles. The van der Waals surface area contributed by atoms with E-state index in [0.717, 1.165) is 29.4 Å². The van der Waals surface area contributed by atoms with Gasteiger partial charge in [-0.1, -0.05) is 18.2 Å². The van der Waals surface area contributed by atoms with Gasteiger partial charge in [-0.3, -0.25) is 4.79 Å². The second-order valence-electron chi connectivity index (χ2n) is 7.14. The van der Waals surface area contributed by atoms with E-state index in [1.807, 2.05) is 41.8 Å². The number of amides is 1. The first-order valence-corrected chi connectivity index (χ1v) is 10.8. The molecule has 8 nitrogen and oxygen atoms in total.